The van der Waals surface area contributed by atoms with Crippen LogP contribution >= 0.6 is 0 Å². The monoisotopic (exact) mass is 544 g/mol. The molecule has 0 saturated carbocycles. The Hall–Kier alpha value is -3.28. The summed E-state index contributed by atoms with van der Waals surface area (Å²) in [4.78, 5) is 30.1. The summed E-state index contributed by atoms with van der Waals surface area (Å²) in [5.41, 5.74) is 1.34. The Bertz CT molecular complexity index is 1300. The van der Waals surface area contributed by atoms with Crippen molar-refractivity contribution in [2.24, 2.45) is 0 Å². The number of nitrogens with zero attached hydrogens (tertiary/aromatic N) is 3. The summed E-state index contributed by atoms with van der Waals surface area (Å²) in [5, 5.41) is 2.86. The molecule has 9 nitrogen and oxygen atoms in total. The van der Waals surface area contributed by atoms with Crippen molar-refractivity contribution in [2.75, 3.05) is 39.3 Å². The van der Waals surface area contributed by atoms with Gasteiger partial charge in [0, 0.05) is 44.5 Å². The van der Waals surface area contributed by atoms with Crippen molar-refractivity contribution in [1.82, 2.24) is 19.4 Å². The van der Waals surface area contributed by atoms with Gasteiger partial charge < -0.3 is 10.1 Å². The maximum atomic E-state index is 13.6. The van der Waals surface area contributed by atoms with E-state index in [9.17, 15) is 22.4 Å². The average molecular weight is 545 g/mol. The van der Waals surface area contributed by atoms with Gasteiger partial charge >= 0.3 is 12.0 Å². The van der Waals surface area contributed by atoms with Crippen molar-refractivity contribution in [1.29, 1.82) is 0 Å². The molecule has 2 amide bonds. The topological polar surface area (TPSA) is 99.3 Å². The van der Waals surface area contributed by atoms with Crippen LogP contribution in [-0.4, -0.2) is 79.9 Å². The molecular weight excluding hydrogens is 511 g/mol. The van der Waals surface area contributed by atoms with Crippen LogP contribution in [0.1, 0.15) is 32.4 Å². The fourth-order valence-electron chi connectivity index (χ4n) is 5.02. The number of sulfonamides is 1. The van der Waals surface area contributed by atoms with E-state index in [0.717, 1.165) is 0 Å². The van der Waals surface area contributed by atoms with E-state index >= 15 is 0 Å². The van der Waals surface area contributed by atoms with E-state index in [2.05, 4.69) is 5.32 Å². The van der Waals surface area contributed by atoms with Crippen LogP contribution in [0.15, 0.2) is 70.8 Å². The normalized spacial score (nSPS) is 21.4. The van der Waals surface area contributed by atoms with Crippen LogP contribution in [0.2, 0.25) is 0 Å². The Kier molecular flexibility index (Phi) is 8.49. The lowest BCUT2D eigenvalue weighted by molar-refractivity contribution is -0.139. The van der Waals surface area contributed by atoms with Crippen molar-refractivity contribution in [3.8, 4) is 0 Å². The van der Waals surface area contributed by atoms with Gasteiger partial charge in [0.2, 0.25) is 10.0 Å². The summed E-state index contributed by atoms with van der Waals surface area (Å²) in [5.74, 6) is -0.987. The third-order valence-corrected chi connectivity index (χ3v) is 8.85. The van der Waals surface area contributed by atoms with Gasteiger partial charge in [-0.2, -0.15) is 4.31 Å². The molecule has 0 aliphatic carbocycles. The Morgan fingerprint density at radius 2 is 1.76 bits per heavy atom. The Morgan fingerprint density at radius 3 is 2.37 bits per heavy atom. The predicted molar refractivity (Wildman–Crippen MR) is 140 cm³/mol. The van der Waals surface area contributed by atoms with Gasteiger partial charge in [-0.1, -0.05) is 30.3 Å². The first-order valence-electron chi connectivity index (χ1n) is 12.7. The largest absolute Gasteiger partial charge is 0.463 e. The van der Waals surface area contributed by atoms with Gasteiger partial charge in [-0.05, 0) is 50.6 Å². The molecule has 2 atom stereocenters. The van der Waals surface area contributed by atoms with E-state index in [4.69, 9.17) is 4.74 Å². The van der Waals surface area contributed by atoms with Crippen molar-refractivity contribution >= 4 is 22.0 Å². The fraction of sp³-hybridized carbons (Fsp3) is 0.407. The van der Waals surface area contributed by atoms with Crippen LogP contribution in [0.25, 0.3) is 0 Å². The minimum absolute atomic E-state index is 0.152. The van der Waals surface area contributed by atoms with Crippen molar-refractivity contribution in [2.45, 2.75) is 37.8 Å². The fourth-order valence-corrected chi connectivity index (χ4v) is 6.65. The number of piperazine rings is 1. The SMILES string of the molecule is CCOC(=O)C1=C(CN2CCN(S(=O)(=O)c3ccccc3)C(C)C2)N(CC)C(=O)NC1c1ccc(F)cc1. The zero-order valence-corrected chi connectivity index (χ0v) is 22.6. The molecular formula is C27H33FN4O5S. The highest BCUT2D eigenvalue weighted by Gasteiger charge is 2.40. The maximum absolute atomic E-state index is 13.6. The van der Waals surface area contributed by atoms with Gasteiger partial charge in [0.1, 0.15) is 5.82 Å². The first-order valence-corrected chi connectivity index (χ1v) is 14.1. The van der Waals surface area contributed by atoms with E-state index in [-0.39, 0.29) is 42.2 Å². The first kappa shape index (κ1) is 27.7. The van der Waals surface area contributed by atoms with Crippen LogP contribution in [0.4, 0.5) is 9.18 Å². The zero-order chi connectivity index (χ0) is 27.4. The molecule has 0 bridgehead atoms. The minimum atomic E-state index is -3.66. The molecule has 0 aromatic heterocycles. The van der Waals surface area contributed by atoms with E-state index in [1.54, 1.807) is 37.3 Å². The zero-order valence-electron chi connectivity index (χ0n) is 21.8. The number of halogens is 1. The number of urea groups is 1. The third kappa shape index (κ3) is 5.59. The maximum Gasteiger partial charge on any atom is 0.338 e. The summed E-state index contributed by atoms with van der Waals surface area (Å²) in [6.45, 7) is 7.17. The van der Waals surface area contributed by atoms with Gasteiger partial charge in [0.25, 0.3) is 0 Å². The van der Waals surface area contributed by atoms with Crippen LogP contribution in [-0.2, 0) is 19.6 Å². The van der Waals surface area contributed by atoms with Gasteiger partial charge in [-0.3, -0.25) is 9.80 Å². The molecule has 4 rings (SSSR count). The molecule has 11 heteroatoms. The highest BCUT2D eigenvalue weighted by atomic mass is 32.2. The lowest BCUT2D eigenvalue weighted by Gasteiger charge is -2.42. The second kappa shape index (κ2) is 11.6. The standard InChI is InChI=1S/C27H33FN4O5S/c1-4-31-23(18-30-15-16-32(19(3)17-30)38(35,36)22-9-7-6-8-10-22)24(26(33)37-5-2)25(29-27(31)34)20-11-13-21(28)14-12-20/h6-14,19,25H,4-5,15-18H2,1-3H3,(H,29,34). The molecule has 1 saturated heterocycles. The number of hydrogen-bond acceptors (Lipinski definition) is 6. The summed E-state index contributed by atoms with van der Waals surface area (Å²) < 4.78 is 46.9. The number of esters is 1. The van der Waals surface area contributed by atoms with Crippen molar-refractivity contribution in [3.05, 3.63) is 77.2 Å². The lowest BCUT2D eigenvalue weighted by Crippen LogP contribution is -2.56. The molecule has 204 valence electrons. The molecule has 1 fully saturated rings. The lowest BCUT2D eigenvalue weighted by atomic mass is 9.94. The summed E-state index contributed by atoms with van der Waals surface area (Å²) in [7, 11) is -3.66. The highest BCUT2D eigenvalue weighted by Crippen LogP contribution is 2.33. The van der Waals surface area contributed by atoms with Crippen LogP contribution in [0, 0.1) is 5.82 Å². The average Bonchev–Trinajstić information content (AvgIpc) is 2.89. The molecule has 0 spiro atoms. The van der Waals surface area contributed by atoms with E-state index in [0.29, 0.717) is 30.9 Å². The molecule has 2 aromatic carbocycles. The molecule has 38 heavy (non-hydrogen) atoms. The quantitative estimate of drug-likeness (QED) is 0.513. The summed E-state index contributed by atoms with van der Waals surface area (Å²) in [6.07, 6.45) is 0. The number of carbonyl (C=O) groups excluding carboxylic acids is 2. The van der Waals surface area contributed by atoms with Gasteiger partial charge in [0.15, 0.2) is 0 Å². The number of benzene rings is 2. The number of likely N-dealkylation sites (N-methyl/N-ethyl adjacent to an activating group) is 1. The van der Waals surface area contributed by atoms with E-state index in [1.165, 1.54) is 33.5 Å². The number of amides is 2. The molecule has 0 radical (unpaired) electrons. The number of rotatable bonds is 8. The number of nitrogens with one attached hydrogen (secondary N) is 1. The summed E-state index contributed by atoms with van der Waals surface area (Å²) in [6, 6.07) is 12.5. The smallest absolute Gasteiger partial charge is 0.338 e. The van der Waals surface area contributed by atoms with Crippen molar-refractivity contribution in [3.63, 3.8) is 0 Å². The molecule has 2 heterocycles. The van der Waals surface area contributed by atoms with Crippen LogP contribution in [0.3, 0.4) is 0 Å². The molecule has 2 aromatic rings. The molecule has 1 N–H and O–H groups in total. The van der Waals surface area contributed by atoms with Crippen LogP contribution < -0.4 is 5.32 Å². The van der Waals surface area contributed by atoms with E-state index < -0.39 is 27.9 Å². The summed E-state index contributed by atoms with van der Waals surface area (Å²) >= 11 is 0. The minimum Gasteiger partial charge on any atom is -0.463 e. The number of hydrogen-bond donors (Lipinski definition) is 1. The number of carbonyl (C=O) groups is 2. The first-order chi connectivity index (χ1) is 18.2. The molecule has 2 aliphatic heterocycles. The Morgan fingerprint density at radius 1 is 1.08 bits per heavy atom. The second-order valence-electron chi connectivity index (χ2n) is 9.27. The number of ether oxygens (including phenoxy) is 1. The van der Waals surface area contributed by atoms with Gasteiger partial charge in [-0.15, -0.1) is 0 Å². The van der Waals surface area contributed by atoms with E-state index in [1.807, 2.05) is 18.7 Å². The highest BCUT2D eigenvalue weighted by molar-refractivity contribution is 7.89. The van der Waals surface area contributed by atoms with Gasteiger partial charge in [-0.25, -0.2) is 22.4 Å². The Balaban J connectivity index is 1.65. The second-order valence-corrected chi connectivity index (χ2v) is 11.2. The predicted octanol–water partition coefficient (Wildman–Crippen LogP) is 3.12. The third-order valence-electron chi connectivity index (χ3n) is 6.83. The van der Waals surface area contributed by atoms with Crippen LogP contribution in [0.5, 0.6) is 0 Å². The molecule has 2 aliphatic rings. The molecule has 2 unspecified atom stereocenters. The van der Waals surface area contributed by atoms with Gasteiger partial charge in [0.05, 0.1) is 23.1 Å². The van der Waals surface area contributed by atoms with Crippen molar-refractivity contribution < 1.29 is 27.1 Å². The Labute approximate surface area is 222 Å².